The Morgan fingerprint density at radius 3 is 2.54 bits per heavy atom. The first kappa shape index (κ1) is 8.64. The summed E-state index contributed by atoms with van der Waals surface area (Å²) in [5, 5.41) is 0. The van der Waals surface area contributed by atoms with Crippen molar-refractivity contribution in [2.75, 3.05) is 0 Å². The molecule has 0 spiro atoms. The summed E-state index contributed by atoms with van der Waals surface area (Å²) < 4.78 is 0. The lowest BCUT2D eigenvalue weighted by Crippen LogP contribution is -2.25. The summed E-state index contributed by atoms with van der Waals surface area (Å²) in [6, 6.07) is 10.2. The molecule has 0 aromatic heterocycles. The normalized spacial score (nSPS) is 14.4. The molecule has 0 heterocycles. The second-order valence-corrected chi connectivity index (χ2v) is 3.58. The van der Waals surface area contributed by atoms with Gasteiger partial charge >= 0.3 is 6.13 Å². The zero-order valence-corrected chi connectivity index (χ0v) is 8.04. The summed E-state index contributed by atoms with van der Waals surface area (Å²) in [5.41, 5.74) is 2.46. The van der Waals surface area contributed by atoms with E-state index in [-0.39, 0.29) is 6.13 Å². The van der Waals surface area contributed by atoms with Crippen molar-refractivity contribution in [1.29, 1.82) is 0 Å². The minimum absolute atomic E-state index is 0.0381. The maximum absolute atomic E-state index is 6.30. The summed E-state index contributed by atoms with van der Waals surface area (Å²) in [7, 11) is 0. The molecular weight excluding hydrogens is 178 g/mol. The number of benzene rings is 1. The second kappa shape index (κ2) is 3.84. The first-order chi connectivity index (χ1) is 6.38. The molecule has 13 heavy (non-hydrogen) atoms. The maximum Gasteiger partial charge on any atom is 0.311 e. The van der Waals surface area contributed by atoms with Gasteiger partial charge in [-0.25, -0.2) is 0 Å². The van der Waals surface area contributed by atoms with Crippen molar-refractivity contribution in [2.24, 2.45) is 0 Å². The van der Waals surface area contributed by atoms with Crippen LogP contribution in [0, 0.1) is 0 Å². The molecule has 2 rings (SSSR count). The summed E-state index contributed by atoms with van der Waals surface area (Å²) >= 11 is 6.30. The van der Waals surface area contributed by atoms with E-state index in [0.29, 0.717) is 0 Å². The fourth-order valence-corrected chi connectivity index (χ4v) is 1.80. The second-order valence-electron chi connectivity index (χ2n) is 3.15. The number of hydrogen-bond acceptors (Lipinski definition) is 0. The molecule has 0 nitrogen and oxygen atoms in total. The van der Waals surface area contributed by atoms with Crippen LogP contribution in [-0.4, -0.2) is 6.13 Å². The third kappa shape index (κ3) is 1.86. The molecule has 0 unspecified atom stereocenters. The Hall–Kier alpha value is -0.945. The molecule has 0 atom stereocenters. The lowest BCUT2D eigenvalue weighted by atomic mass is 9.61. The highest BCUT2D eigenvalue weighted by Gasteiger charge is 2.18. The molecule has 0 bridgehead atoms. The molecule has 0 N–H and O–H groups in total. The Morgan fingerprint density at radius 1 is 1.15 bits per heavy atom. The van der Waals surface area contributed by atoms with Gasteiger partial charge in [0.05, 0.1) is 0 Å². The van der Waals surface area contributed by atoms with Crippen molar-refractivity contribution < 1.29 is 0 Å². The van der Waals surface area contributed by atoms with Gasteiger partial charge in [0.25, 0.3) is 0 Å². The van der Waals surface area contributed by atoms with Crippen LogP contribution < -0.4 is 5.46 Å². The molecular formula is C11H10BCl. The van der Waals surface area contributed by atoms with Crippen molar-refractivity contribution in [3.05, 3.63) is 54.0 Å². The molecule has 0 aliphatic heterocycles. The van der Waals surface area contributed by atoms with E-state index in [1.165, 1.54) is 10.9 Å². The van der Waals surface area contributed by atoms with Crippen LogP contribution in [0.5, 0.6) is 0 Å². The van der Waals surface area contributed by atoms with Gasteiger partial charge < -0.3 is 0 Å². The van der Waals surface area contributed by atoms with Crippen LogP contribution in [0.15, 0.2) is 54.0 Å². The van der Waals surface area contributed by atoms with E-state index in [9.17, 15) is 0 Å². The van der Waals surface area contributed by atoms with Crippen LogP contribution in [0.1, 0.15) is 6.42 Å². The average molecular weight is 188 g/mol. The fraction of sp³-hybridized carbons (Fsp3) is 0.0909. The van der Waals surface area contributed by atoms with Gasteiger partial charge in [0, 0.05) is 0 Å². The number of halogens is 1. The van der Waals surface area contributed by atoms with Crippen LogP contribution in [0.25, 0.3) is 0 Å². The van der Waals surface area contributed by atoms with Crippen molar-refractivity contribution in [1.82, 2.24) is 0 Å². The van der Waals surface area contributed by atoms with Gasteiger partial charge in [0.15, 0.2) is 0 Å². The predicted octanol–water partition coefficient (Wildman–Crippen LogP) is 2.55. The number of hydrogen-bond donors (Lipinski definition) is 0. The highest BCUT2D eigenvalue weighted by molar-refractivity contribution is 7.18. The van der Waals surface area contributed by atoms with Gasteiger partial charge in [-0.15, -0.1) is 0 Å². The third-order valence-electron chi connectivity index (χ3n) is 2.22. The maximum atomic E-state index is 6.30. The van der Waals surface area contributed by atoms with E-state index in [4.69, 9.17) is 11.5 Å². The van der Waals surface area contributed by atoms with Crippen LogP contribution >= 0.6 is 11.5 Å². The molecule has 64 valence electrons. The third-order valence-corrected chi connectivity index (χ3v) is 2.75. The predicted molar refractivity (Wildman–Crippen MR) is 59.5 cm³/mol. The fourth-order valence-electron chi connectivity index (χ4n) is 1.49. The van der Waals surface area contributed by atoms with E-state index >= 15 is 0 Å². The molecule has 2 heteroatoms. The van der Waals surface area contributed by atoms with Crippen molar-refractivity contribution in [3.63, 3.8) is 0 Å². The van der Waals surface area contributed by atoms with E-state index in [1.54, 1.807) is 0 Å². The van der Waals surface area contributed by atoms with Crippen molar-refractivity contribution in [3.8, 4) is 0 Å². The molecule has 0 saturated heterocycles. The molecule has 0 amide bonds. The topological polar surface area (TPSA) is 0 Å². The molecule has 0 saturated carbocycles. The van der Waals surface area contributed by atoms with Crippen LogP contribution in [0.4, 0.5) is 0 Å². The summed E-state index contributed by atoms with van der Waals surface area (Å²) in [5.74, 6) is 0. The minimum atomic E-state index is 0.0381. The highest BCUT2D eigenvalue weighted by Crippen LogP contribution is 2.16. The largest absolute Gasteiger partial charge is 0.311 e. The van der Waals surface area contributed by atoms with Crippen LogP contribution in [0.3, 0.4) is 0 Å². The van der Waals surface area contributed by atoms with E-state index < -0.39 is 0 Å². The smallest absolute Gasteiger partial charge is 0.182 e. The number of allylic oxidation sites excluding steroid dienone is 4. The van der Waals surface area contributed by atoms with E-state index in [0.717, 1.165) is 6.42 Å². The standard InChI is InChI=1S/C11H10BCl/c13-12(11-8-4-5-9-11)10-6-2-1-3-7-10/h1-8H,9H2. The Bertz CT molecular complexity index is 340. The number of rotatable bonds is 2. The summed E-state index contributed by atoms with van der Waals surface area (Å²) in [4.78, 5) is 0. The van der Waals surface area contributed by atoms with Gasteiger partial charge in [0.2, 0.25) is 0 Å². The first-order valence-electron chi connectivity index (χ1n) is 4.42. The SMILES string of the molecule is ClB(C1=CC=CC1)c1ccccc1. The van der Waals surface area contributed by atoms with Crippen molar-refractivity contribution >= 4 is 23.1 Å². The molecule has 0 fully saturated rings. The van der Waals surface area contributed by atoms with Gasteiger partial charge in [-0.2, -0.15) is 11.5 Å². The van der Waals surface area contributed by atoms with Gasteiger partial charge in [-0.1, -0.05) is 59.5 Å². The Kier molecular flexibility index (Phi) is 2.56. The Balaban J connectivity index is 2.18. The summed E-state index contributed by atoms with van der Waals surface area (Å²) in [6.07, 6.45) is 7.32. The van der Waals surface area contributed by atoms with Gasteiger partial charge in [-0.05, 0) is 6.42 Å². The molecule has 1 aromatic carbocycles. The zero-order valence-electron chi connectivity index (χ0n) is 7.28. The van der Waals surface area contributed by atoms with E-state index in [1.807, 2.05) is 18.2 Å². The average Bonchev–Trinajstić information content (AvgIpc) is 2.71. The molecule has 1 aliphatic rings. The quantitative estimate of drug-likeness (QED) is 0.626. The van der Waals surface area contributed by atoms with Crippen molar-refractivity contribution in [2.45, 2.75) is 6.42 Å². The minimum Gasteiger partial charge on any atom is -0.182 e. The molecule has 1 aromatic rings. The molecule has 1 aliphatic carbocycles. The lowest BCUT2D eigenvalue weighted by Gasteiger charge is -2.06. The lowest BCUT2D eigenvalue weighted by molar-refractivity contribution is 1.40. The van der Waals surface area contributed by atoms with Gasteiger partial charge in [-0.3, -0.25) is 0 Å². The Labute approximate surface area is 83.9 Å². The van der Waals surface area contributed by atoms with Gasteiger partial charge in [0.1, 0.15) is 0 Å². The summed E-state index contributed by atoms with van der Waals surface area (Å²) in [6.45, 7) is 0. The van der Waals surface area contributed by atoms with E-state index in [2.05, 4.69) is 30.4 Å². The van der Waals surface area contributed by atoms with Crippen LogP contribution in [-0.2, 0) is 0 Å². The monoisotopic (exact) mass is 188 g/mol. The Morgan fingerprint density at radius 2 is 1.92 bits per heavy atom. The zero-order chi connectivity index (χ0) is 9.10. The molecule has 0 radical (unpaired) electrons. The van der Waals surface area contributed by atoms with Crippen LogP contribution in [0.2, 0.25) is 0 Å². The first-order valence-corrected chi connectivity index (χ1v) is 4.86. The highest BCUT2D eigenvalue weighted by atomic mass is 35.5.